The minimum absolute atomic E-state index is 0.762. The van der Waals surface area contributed by atoms with Gasteiger partial charge in [-0.25, -0.2) is 0 Å². The molecule has 0 unspecified atom stereocenters. The highest BCUT2D eigenvalue weighted by molar-refractivity contribution is 7.85. The average Bonchev–Trinajstić information content (AvgIpc) is 2.01. The molecule has 13 heavy (non-hydrogen) atoms. The van der Waals surface area contributed by atoms with Crippen LogP contribution in [0.1, 0.15) is 5.56 Å². The van der Waals surface area contributed by atoms with Crippen molar-refractivity contribution in [1.82, 2.24) is 0 Å². The molecule has 1 aromatic rings. The first-order valence-corrected chi connectivity index (χ1v) is 8.50. The molecule has 0 fully saturated rings. The third-order valence-electron chi connectivity index (χ3n) is 1.77. The van der Waals surface area contributed by atoms with Gasteiger partial charge in [0.25, 0.3) is 0 Å². The number of hydrogen-bond acceptors (Lipinski definition) is 1. The summed E-state index contributed by atoms with van der Waals surface area (Å²) >= 11 is 11.3. The standard InChI is InChI=1S/C10H13ClSSi/c1-13(2,3)10(12)8-5-4-6-9(11)7-8/h4-7H,1-3H3. The molecule has 70 valence electrons. The van der Waals surface area contributed by atoms with E-state index in [9.17, 15) is 0 Å². The molecular formula is C10H13ClSSi. The first kappa shape index (κ1) is 10.9. The second kappa shape index (κ2) is 3.90. The lowest BCUT2D eigenvalue weighted by Gasteiger charge is -2.17. The van der Waals surface area contributed by atoms with Crippen LogP contribution in [0.3, 0.4) is 0 Å². The fourth-order valence-corrected chi connectivity index (χ4v) is 2.40. The highest BCUT2D eigenvalue weighted by atomic mass is 35.5. The van der Waals surface area contributed by atoms with Crippen molar-refractivity contribution in [2.75, 3.05) is 0 Å². The van der Waals surface area contributed by atoms with E-state index >= 15 is 0 Å². The fraction of sp³-hybridized carbons (Fsp3) is 0.300. The quantitative estimate of drug-likeness (QED) is 0.546. The van der Waals surface area contributed by atoms with Gasteiger partial charge in [0.2, 0.25) is 0 Å². The van der Waals surface area contributed by atoms with Crippen LogP contribution in [-0.4, -0.2) is 12.6 Å². The Balaban J connectivity index is 3.03. The van der Waals surface area contributed by atoms with Crippen molar-refractivity contribution in [3.05, 3.63) is 34.9 Å². The van der Waals surface area contributed by atoms with E-state index in [1.165, 1.54) is 0 Å². The predicted molar refractivity (Wildman–Crippen MR) is 66.5 cm³/mol. The van der Waals surface area contributed by atoms with Gasteiger partial charge in [0.15, 0.2) is 0 Å². The van der Waals surface area contributed by atoms with Crippen molar-refractivity contribution in [2.45, 2.75) is 19.6 Å². The Morgan fingerprint density at radius 3 is 2.38 bits per heavy atom. The second-order valence-electron chi connectivity index (χ2n) is 4.09. The Bertz CT molecular complexity index is 328. The van der Waals surface area contributed by atoms with Gasteiger partial charge in [0.1, 0.15) is 0 Å². The van der Waals surface area contributed by atoms with Gasteiger partial charge in [-0.05, 0) is 17.7 Å². The molecule has 3 heteroatoms. The molecule has 0 nitrogen and oxygen atoms in total. The summed E-state index contributed by atoms with van der Waals surface area (Å²) in [7, 11) is -1.35. The van der Waals surface area contributed by atoms with E-state index in [0.29, 0.717) is 0 Å². The van der Waals surface area contributed by atoms with Crippen LogP contribution in [0.5, 0.6) is 0 Å². The van der Waals surface area contributed by atoms with E-state index < -0.39 is 8.07 Å². The van der Waals surface area contributed by atoms with Crippen molar-refractivity contribution in [3.63, 3.8) is 0 Å². The lowest BCUT2D eigenvalue weighted by molar-refractivity contribution is 1.66. The zero-order chi connectivity index (χ0) is 10.1. The average molecular weight is 229 g/mol. The lowest BCUT2D eigenvalue weighted by Crippen LogP contribution is -2.32. The van der Waals surface area contributed by atoms with Gasteiger partial charge in [-0.1, -0.05) is 55.6 Å². The molecule has 0 atom stereocenters. The van der Waals surface area contributed by atoms with Crippen molar-refractivity contribution in [1.29, 1.82) is 0 Å². The summed E-state index contributed by atoms with van der Waals surface area (Å²) in [6, 6.07) is 7.80. The van der Waals surface area contributed by atoms with Crippen molar-refractivity contribution in [3.8, 4) is 0 Å². The van der Waals surface area contributed by atoms with Crippen LogP contribution in [0, 0.1) is 0 Å². The smallest absolute Gasteiger partial charge is 0.0894 e. The molecule has 0 saturated heterocycles. The first-order valence-electron chi connectivity index (χ1n) is 4.21. The zero-order valence-electron chi connectivity index (χ0n) is 8.10. The Morgan fingerprint density at radius 2 is 1.92 bits per heavy atom. The topological polar surface area (TPSA) is 0 Å². The maximum Gasteiger partial charge on any atom is 0.0923 e. The molecule has 0 heterocycles. The molecule has 0 N–H and O–H groups in total. The van der Waals surface area contributed by atoms with Crippen molar-refractivity contribution < 1.29 is 0 Å². The summed E-state index contributed by atoms with van der Waals surface area (Å²) in [4.78, 5) is 0. The second-order valence-corrected chi connectivity index (χ2v) is 10.3. The molecule has 0 amide bonds. The van der Waals surface area contributed by atoms with Gasteiger partial charge in [0.05, 0.1) is 8.07 Å². The van der Waals surface area contributed by atoms with Crippen LogP contribution >= 0.6 is 23.8 Å². The first-order chi connectivity index (χ1) is 5.91. The molecule has 0 spiro atoms. The van der Waals surface area contributed by atoms with Gasteiger partial charge >= 0.3 is 0 Å². The number of thiocarbonyl (C=S) groups is 1. The van der Waals surface area contributed by atoms with E-state index in [2.05, 4.69) is 19.6 Å². The summed E-state index contributed by atoms with van der Waals surface area (Å²) in [6.45, 7) is 6.74. The van der Waals surface area contributed by atoms with Crippen LogP contribution in [0.25, 0.3) is 0 Å². The highest BCUT2D eigenvalue weighted by Gasteiger charge is 2.20. The highest BCUT2D eigenvalue weighted by Crippen LogP contribution is 2.17. The molecule has 0 saturated carbocycles. The normalized spacial score (nSPS) is 11.4. The van der Waals surface area contributed by atoms with Crippen LogP contribution in [0.15, 0.2) is 24.3 Å². The summed E-state index contributed by atoms with van der Waals surface area (Å²) in [5.41, 5.74) is 1.11. The van der Waals surface area contributed by atoms with Gasteiger partial charge in [0, 0.05) is 9.51 Å². The third kappa shape index (κ3) is 2.90. The molecule has 0 radical (unpaired) electrons. The Hall–Kier alpha value is -0.183. The minimum Gasteiger partial charge on any atom is -0.0894 e. The Labute approximate surface area is 90.9 Å². The van der Waals surface area contributed by atoms with Crippen LogP contribution in [-0.2, 0) is 0 Å². The number of halogens is 1. The molecule has 0 aliphatic rings. The van der Waals surface area contributed by atoms with Gasteiger partial charge < -0.3 is 0 Å². The van der Waals surface area contributed by atoms with Crippen LogP contribution in [0.2, 0.25) is 24.7 Å². The van der Waals surface area contributed by atoms with Gasteiger partial charge in [-0.2, -0.15) is 0 Å². The largest absolute Gasteiger partial charge is 0.0923 e. The molecule has 0 aliphatic carbocycles. The Morgan fingerprint density at radius 1 is 1.31 bits per heavy atom. The van der Waals surface area contributed by atoms with Crippen molar-refractivity contribution >= 4 is 36.4 Å². The van der Waals surface area contributed by atoms with E-state index in [4.69, 9.17) is 23.8 Å². The SMILES string of the molecule is C[Si](C)(C)C(=S)c1cccc(Cl)c1. The van der Waals surface area contributed by atoms with E-state index in [-0.39, 0.29) is 0 Å². The van der Waals surface area contributed by atoms with Crippen LogP contribution < -0.4 is 0 Å². The molecule has 1 aromatic carbocycles. The monoisotopic (exact) mass is 228 g/mol. The zero-order valence-corrected chi connectivity index (χ0v) is 10.7. The molecule has 0 aliphatic heterocycles. The summed E-state index contributed by atoms with van der Waals surface area (Å²) < 4.78 is 1.09. The molecule has 0 bridgehead atoms. The fourth-order valence-electron chi connectivity index (χ4n) is 1.06. The van der Waals surface area contributed by atoms with Crippen LogP contribution in [0.4, 0.5) is 0 Å². The van der Waals surface area contributed by atoms with Gasteiger partial charge in [-0.15, -0.1) is 0 Å². The number of benzene rings is 1. The predicted octanol–water partition coefficient (Wildman–Crippen LogP) is 3.94. The summed E-state index contributed by atoms with van der Waals surface area (Å²) in [5, 5.41) is 0.762. The van der Waals surface area contributed by atoms with Crippen molar-refractivity contribution in [2.24, 2.45) is 0 Å². The molecular weight excluding hydrogens is 216 g/mol. The number of hydrogen-bond donors (Lipinski definition) is 0. The summed E-state index contributed by atoms with van der Waals surface area (Å²) in [6.07, 6.45) is 0. The summed E-state index contributed by atoms with van der Waals surface area (Å²) in [5.74, 6) is 0. The number of rotatable bonds is 2. The van der Waals surface area contributed by atoms with E-state index in [1.807, 2.05) is 24.3 Å². The molecule has 0 aromatic heterocycles. The van der Waals surface area contributed by atoms with Gasteiger partial charge in [-0.3, -0.25) is 0 Å². The van der Waals surface area contributed by atoms with E-state index in [0.717, 1.165) is 15.1 Å². The Kier molecular flexibility index (Phi) is 3.27. The molecule has 1 rings (SSSR count). The maximum absolute atomic E-state index is 5.89. The third-order valence-corrected chi connectivity index (χ3v) is 5.73. The van der Waals surface area contributed by atoms with E-state index in [1.54, 1.807) is 0 Å². The maximum atomic E-state index is 5.89. The lowest BCUT2D eigenvalue weighted by atomic mass is 10.2. The minimum atomic E-state index is -1.35.